The fourth-order valence-corrected chi connectivity index (χ4v) is 2.81. The van der Waals surface area contributed by atoms with Gasteiger partial charge in [-0.15, -0.1) is 11.3 Å². The third-order valence-electron chi connectivity index (χ3n) is 3.16. The summed E-state index contributed by atoms with van der Waals surface area (Å²) in [6, 6.07) is 13.7. The summed E-state index contributed by atoms with van der Waals surface area (Å²) in [4.78, 5) is 14.3. The van der Waals surface area contributed by atoms with Gasteiger partial charge in [0.15, 0.2) is 0 Å². The molecule has 1 atom stereocenters. The lowest BCUT2D eigenvalue weighted by molar-refractivity contribution is -0.122. The largest absolute Gasteiger partial charge is 0.350 e. The van der Waals surface area contributed by atoms with E-state index in [1.807, 2.05) is 24.3 Å². The Morgan fingerprint density at radius 1 is 1.25 bits per heavy atom. The zero-order chi connectivity index (χ0) is 14.4. The summed E-state index contributed by atoms with van der Waals surface area (Å²) in [5.41, 5.74) is 7.14. The van der Waals surface area contributed by atoms with E-state index in [-0.39, 0.29) is 5.91 Å². The van der Waals surface area contributed by atoms with E-state index in [0.717, 1.165) is 11.3 Å². The average Bonchev–Trinajstić information content (AvgIpc) is 2.89. The number of hydrogen-bond acceptors (Lipinski definition) is 3. The number of carbonyl (C=O) groups excluding carboxylic acids is 1. The molecule has 1 amide bonds. The molecule has 2 rings (SSSR count). The molecule has 0 radical (unpaired) electrons. The first kappa shape index (κ1) is 14.8. The molecule has 3 N–H and O–H groups in total. The van der Waals surface area contributed by atoms with Crippen LogP contribution in [-0.2, 0) is 17.8 Å². The number of benzene rings is 1. The summed E-state index contributed by atoms with van der Waals surface area (Å²) < 4.78 is 0. The summed E-state index contributed by atoms with van der Waals surface area (Å²) in [5.74, 6) is -0.0769. The van der Waals surface area contributed by atoms with Crippen LogP contribution >= 0.6 is 11.3 Å². The predicted octanol–water partition coefficient (Wildman–Crippen LogP) is 2.63. The number of rotatable bonds is 6. The second kappa shape index (κ2) is 7.22. The van der Waals surface area contributed by atoms with Gasteiger partial charge in [-0.1, -0.05) is 30.3 Å². The SMILES string of the molecule is Cc1ccc(CNC(=O)[C@@H](N)CCc2ccccc2)s1. The molecule has 4 heteroatoms. The van der Waals surface area contributed by atoms with Gasteiger partial charge in [-0.05, 0) is 37.5 Å². The molecule has 20 heavy (non-hydrogen) atoms. The minimum Gasteiger partial charge on any atom is -0.350 e. The lowest BCUT2D eigenvalue weighted by atomic mass is 10.1. The van der Waals surface area contributed by atoms with Gasteiger partial charge >= 0.3 is 0 Å². The van der Waals surface area contributed by atoms with Gasteiger partial charge in [0.25, 0.3) is 0 Å². The molecule has 1 aromatic carbocycles. The summed E-state index contributed by atoms with van der Waals surface area (Å²) in [6.07, 6.45) is 1.49. The molecular formula is C16H20N2OS. The van der Waals surface area contributed by atoms with Crippen molar-refractivity contribution in [1.29, 1.82) is 0 Å². The molecule has 1 heterocycles. The third kappa shape index (κ3) is 4.47. The quantitative estimate of drug-likeness (QED) is 0.858. The Morgan fingerprint density at radius 3 is 2.65 bits per heavy atom. The van der Waals surface area contributed by atoms with Gasteiger partial charge in [0.1, 0.15) is 0 Å². The number of hydrogen-bond donors (Lipinski definition) is 2. The van der Waals surface area contributed by atoms with Crippen LogP contribution in [0.1, 0.15) is 21.7 Å². The summed E-state index contributed by atoms with van der Waals surface area (Å²) >= 11 is 1.70. The Morgan fingerprint density at radius 2 is 2.00 bits per heavy atom. The fourth-order valence-electron chi connectivity index (χ4n) is 1.98. The van der Waals surface area contributed by atoms with Crippen molar-refractivity contribution in [3.8, 4) is 0 Å². The fraction of sp³-hybridized carbons (Fsp3) is 0.312. The number of aryl methyl sites for hydroxylation is 2. The minimum atomic E-state index is -0.448. The second-order valence-electron chi connectivity index (χ2n) is 4.86. The molecule has 106 valence electrons. The first-order chi connectivity index (χ1) is 9.65. The van der Waals surface area contributed by atoms with Gasteiger partial charge in [0.2, 0.25) is 5.91 Å². The molecule has 1 aromatic heterocycles. The molecule has 0 fully saturated rings. The van der Waals surface area contributed by atoms with E-state index in [0.29, 0.717) is 13.0 Å². The molecule has 0 spiro atoms. The van der Waals surface area contributed by atoms with Crippen LogP contribution in [0.2, 0.25) is 0 Å². The zero-order valence-corrected chi connectivity index (χ0v) is 12.5. The van der Waals surface area contributed by atoms with E-state index < -0.39 is 6.04 Å². The van der Waals surface area contributed by atoms with Crippen LogP contribution in [0, 0.1) is 6.92 Å². The van der Waals surface area contributed by atoms with E-state index in [1.165, 1.54) is 10.4 Å². The van der Waals surface area contributed by atoms with E-state index in [1.54, 1.807) is 11.3 Å². The maximum Gasteiger partial charge on any atom is 0.237 e. The molecule has 0 aliphatic heterocycles. The van der Waals surface area contributed by atoms with Gasteiger partial charge < -0.3 is 11.1 Å². The van der Waals surface area contributed by atoms with E-state index in [4.69, 9.17) is 5.73 Å². The molecule has 0 aliphatic rings. The van der Waals surface area contributed by atoms with Gasteiger partial charge in [0, 0.05) is 9.75 Å². The molecule has 0 bridgehead atoms. The summed E-state index contributed by atoms with van der Waals surface area (Å²) in [6.45, 7) is 2.62. The highest BCUT2D eigenvalue weighted by atomic mass is 32.1. The Balaban J connectivity index is 1.74. The van der Waals surface area contributed by atoms with Crippen molar-refractivity contribution >= 4 is 17.2 Å². The number of carbonyl (C=O) groups is 1. The third-order valence-corrected chi connectivity index (χ3v) is 4.16. The van der Waals surface area contributed by atoms with Crippen LogP contribution in [0.25, 0.3) is 0 Å². The van der Waals surface area contributed by atoms with Crippen molar-refractivity contribution in [2.45, 2.75) is 32.4 Å². The molecule has 0 saturated carbocycles. The number of amides is 1. The Labute approximate surface area is 123 Å². The maximum atomic E-state index is 11.9. The zero-order valence-electron chi connectivity index (χ0n) is 11.6. The van der Waals surface area contributed by atoms with E-state index in [9.17, 15) is 4.79 Å². The van der Waals surface area contributed by atoms with Gasteiger partial charge in [0.05, 0.1) is 12.6 Å². The summed E-state index contributed by atoms with van der Waals surface area (Å²) in [7, 11) is 0. The van der Waals surface area contributed by atoms with Crippen molar-refractivity contribution in [1.82, 2.24) is 5.32 Å². The van der Waals surface area contributed by atoms with Crippen molar-refractivity contribution in [3.63, 3.8) is 0 Å². The van der Waals surface area contributed by atoms with Gasteiger partial charge in [-0.2, -0.15) is 0 Å². The van der Waals surface area contributed by atoms with E-state index >= 15 is 0 Å². The van der Waals surface area contributed by atoms with Crippen molar-refractivity contribution in [2.24, 2.45) is 5.73 Å². The van der Waals surface area contributed by atoms with Crippen molar-refractivity contribution < 1.29 is 4.79 Å². The number of thiophene rings is 1. The van der Waals surface area contributed by atoms with Crippen LogP contribution in [-0.4, -0.2) is 11.9 Å². The Bertz CT molecular complexity index is 551. The Hall–Kier alpha value is -1.65. The topological polar surface area (TPSA) is 55.1 Å². The standard InChI is InChI=1S/C16H20N2OS/c1-12-7-9-14(20-12)11-18-16(19)15(17)10-8-13-5-3-2-4-6-13/h2-7,9,15H,8,10-11,17H2,1H3,(H,18,19)/t15-/m0/s1. The van der Waals surface area contributed by atoms with Crippen molar-refractivity contribution in [3.05, 3.63) is 57.8 Å². The van der Waals surface area contributed by atoms with Crippen LogP contribution in [0.3, 0.4) is 0 Å². The predicted molar refractivity (Wildman–Crippen MR) is 83.6 cm³/mol. The Kier molecular flexibility index (Phi) is 5.32. The normalized spacial score (nSPS) is 12.1. The number of nitrogens with two attached hydrogens (primary N) is 1. The monoisotopic (exact) mass is 288 g/mol. The molecule has 2 aromatic rings. The molecule has 0 unspecified atom stereocenters. The van der Waals surface area contributed by atoms with E-state index in [2.05, 4.69) is 30.4 Å². The van der Waals surface area contributed by atoms with Gasteiger partial charge in [-0.3, -0.25) is 4.79 Å². The molecule has 3 nitrogen and oxygen atoms in total. The molecule has 0 aliphatic carbocycles. The second-order valence-corrected chi connectivity index (χ2v) is 6.23. The lowest BCUT2D eigenvalue weighted by Crippen LogP contribution is -2.40. The highest BCUT2D eigenvalue weighted by Crippen LogP contribution is 2.14. The summed E-state index contributed by atoms with van der Waals surface area (Å²) in [5, 5.41) is 2.89. The highest BCUT2D eigenvalue weighted by Gasteiger charge is 2.13. The van der Waals surface area contributed by atoms with Crippen molar-refractivity contribution in [2.75, 3.05) is 0 Å². The first-order valence-corrected chi connectivity index (χ1v) is 7.59. The average molecular weight is 288 g/mol. The maximum absolute atomic E-state index is 11.9. The van der Waals surface area contributed by atoms with Crippen LogP contribution in [0.4, 0.5) is 0 Å². The molecular weight excluding hydrogens is 268 g/mol. The van der Waals surface area contributed by atoms with Crippen LogP contribution < -0.4 is 11.1 Å². The lowest BCUT2D eigenvalue weighted by Gasteiger charge is -2.11. The van der Waals surface area contributed by atoms with Crippen LogP contribution in [0.5, 0.6) is 0 Å². The minimum absolute atomic E-state index is 0.0769. The number of nitrogens with one attached hydrogen (secondary N) is 1. The molecule has 0 saturated heterocycles. The first-order valence-electron chi connectivity index (χ1n) is 6.77. The smallest absolute Gasteiger partial charge is 0.237 e. The van der Waals surface area contributed by atoms with Crippen LogP contribution in [0.15, 0.2) is 42.5 Å². The van der Waals surface area contributed by atoms with Gasteiger partial charge in [-0.25, -0.2) is 0 Å². The highest BCUT2D eigenvalue weighted by molar-refractivity contribution is 7.11.